The summed E-state index contributed by atoms with van der Waals surface area (Å²) < 4.78 is 39.2. The molecule has 3 nitrogen and oxygen atoms in total. The van der Waals surface area contributed by atoms with Crippen LogP contribution < -0.4 is 0 Å². The second-order valence-corrected chi connectivity index (χ2v) is 6.04. The second kappa shape index (κ2) is 5.18. The Morgan fingerprint density at radius 3 is 2.52 bits per heavy atom. The number of likely N-dealkylation sites (tertiary alicyclic amines) is 1. The van der Waals surface area contributed by atoms with E-state index in [1.807, 2.05) is 0 Å². The third-order valence-corrected chi connectivity index (χ3v) is 4.13. The summed E-state index contributed by atoms with van der Waals surface area (Å²) in [6.07, 6.45) is -5.09. The lowest BCUT2D eigenvalue weighted by Gasteiger charge is -2.34. The van der Waals surface area contributed by atoms with E-state index < -0.39 is 34.9 Å². The van der Waals surface area contributed by atoms with E-state index in [0.29, 0.717) is 6.42 Å². The quantitative estimate of drug-likeness (QED) is 0.862. The fourth-order valence-electron chi connectivity index (χ4n) is 2.52. The van der Waals surface area contributed by atoms with Gasteiger partial charge in [-0.05, 0) is 38.5 Å². The first-order chi connectivity index (χ1) is 9.55. The Kier molecular flexibility index (Phi) is 3.97. The highest BCUT2D eigenvalue weighted by Crippen LogP contribution is 2.37. The molecule has 0 spiro atoms. The molecule has 1 heterocycles. The Bertz CT molecular complexity index is 572. The molecule has 7 heteroatoms. The van der Waals surface area contributed by atoms with Gasteiger partial charge < -0.3 is 10.0 Å². The normalized spacial score (nSPS) is 21.7. The van der Waals surface area contributed by atoms with Crippen molar-refractivity contribution in [1.82, 2.24) is 4.90 Å². The second-order valence-electron chi connectivity index (χ2n) is 5.60. The number of nitrogens with zero attached hydrogens (tertiary/aromatic N) is 1. The van der Waals surface area contributed by atoms with Gasteiger partial charge in [0.2, 0.25) is 0 Å². The molecule has 116 valence electrons. The SMILES string of the molecule is CC1(C)C(O)CCN1C(=O)c1ccc(Cl)cc1C(F)(F)F. The molecule has 1 aliphatic rings. The van der Waals surface area contributed by atoms with Crippen LogP contribution in [0.15, 0.2) is 18.2 Å². The molecular formula is C14H15ClF3NO2. The number of aliphatic hydroxyl groups excluding tert-OH is 1. The van der Waals surface area contributed by atoms with E-state index in [1.165, 1.54) is 11.0 Å². The number of benzene rings is 1. The molecule has 2 rings (SSSR count). The summed E-state index contributed by atoms with van der Waals surface area (Å²) in [5.74, 6) is -0.749. The Hall–Kier alpha value is -1.27. The highest BCUT2D eigenvalue weighted by Gasteiger charge is 2.45. The standard InChI is InChI=1S/C14H15ClF3NO2/c1-13(2)11(20)5-6-19(13)12(21)9-4-3-8(15)7-10(9)14(16,17)18/h3-4,7,11,20H,5-6H2,1-2H3. The van der Waals surface area contributed by atoms with Crippen LogP contribution in [0.25, 0.3) is 0 Å². The maximum atomic E-state index is 13.1. The highest BCUT2D eigenvalue weighted by atomic mass is 35.5. The largest absolute Gasteiger partial charge is 0.417 e. The van der Waals surface area contributed by atoms with E-state index in [-0.39, 0.29) is 11.6 Å². The third-order valence-electron chi connectivity index (χ3n) is 3.90. The predicted molar refractivity (Wildman–Crippen MR) is 72.2 cm³/mol. The van der Waals surface area contributed by atoms with Crippen molar-refractivity contribution < 1.29 is 23.1 Å². The van der Waals surface area contributed by atoms with Crippen LogP contribution in [-0.2, 0) is 6.18 Å². The molecule has 1 aromatic carbocycles. The molecule has 0 aliphatic carbocycles. The molecule has 0 bridgehead atoms. The number of rotatable bonds is 1. The number of amides is 1. The van der Waals surface area contributed by atoms with Gasteiger partial charge in [-0.1, -0.05) is 11.6 Å². The van der Waals surface area contributed by atoms with Gasteiger partial charge in [0, 0.05) is 11.6 Å². The van der Waals surface area contributed by atoms with Crippen molar-refractivity contribution in [2.24, 2.45) is 0 Å². The van der Waals surface area contributed by atoms with Crippen LogP contribution in [0.4, 0.5) is 13.2 Å². The van der Waals surface area contributed by atoms with Crippen molar-refractivity contribution in [3.8, 4) is 0 Å². The van der Waals surface area contributed by atoms with Crippen molar-refractivity contribution in [3.05, 3.63) is 34.3 Å². The number of carbonyl (C=O) groups is 1. The summed E-state index contributed by atoms with van der Waals surface area (Å²) in [5, 5.41) is 9.78. The lowest BCUT2D eigenvalue weighted by Crippen LogP contribution is -2.48. The predicted octanol–water partition coefficient (Wildman–Crippen LogP) is 3.34. The lowest BCUT2D eigenvalue weighted by atomic mass is 9.97. The molecule has 21 heavy (non-hydrogen) atoms. The first-order valence-electron chi connectivity index (χ1n) is 6.42. The summed E-state index contributed by atoms with van der Waals surface area (Å²) in [7, 11) is 0. The van der Waals surface area contributed by atoms with Gasteiger partial charge in [-0.25, -0.2) is 0 Å². The average molecular weight is 322 g/mol. The molecule has 1 saturated heterocycles. The third kappa shape index (κ3) is 2.87. The maximum absolute atomic E-state index is 13.1. The fraction of sp³-hybridized carbons (Fsp3) is 0.500. The molecule has 1 fully saturated rings. The minimum absolute atomic E-state index is 0.0837. The summed E-state index contributed by atoms with van der Waals surface area (Å²) >= 11 is 5.60. The maximum Gasteiger partial charge on any atom is 0.417 e. The van der Waals surface area contributed by atoms with Gasteiger partial charge in [-0.3, -0.25) is 4.79 Å². The molecular weight excluding hydrogens is 307 g/mol. The Morgan fingerprint density at radius 1 is 1.43 bits per heavy atom. The fourth-order valence-corrected chi connectivity index (χ4v) is 2.69. The van der Waals surface area contributed by atoms with E-state index in [1.54, 1.807) is 13.8 Å². The molecule has 1 amide bonds. The van der Waals surface area contributed by atoms with E-state index in [2.05, 4.69) is 0 Å². The van der Waals surface area contributed by atoms with Crippen LogP contribution in [0.3, 0.4) is 0 Å². The minimum atomic E-state index is -4.67. The van der Waals surface area contributed by atoms with E-state index in [9.17, 15) is 23.1 Å². The topological polar surface area (TPSA) is 40.5 Å². The van der Waals surface area contributed by atoms with Crippen LogP contribution >= 0.6 is 11.6 Å². The van der Waals surface area contributed by atoms with Crippen molar-refractivity contribution in [3.63, 3.8) is 0 Å². The van der Waals surface area contributed by atoms with Crippen molar-refractivity contribution >= 4 is 17.5 Å². The monoisotopic (exact) mass is 321 g/mol. The lowest BCUT2D eigenvalue weighted by molar-refractivity contribution is -0.138. The molecule has 0 saturated carbocycles. The molecule has 1 aromatic rings. The summed E-state index contributed by atoms with van der Waals surface area (Å²) in [4.78, 5) is 13.7. The highest BCUT2D eigenvalue weighted by molar-refractivity contribution is 6.30. The number of carbonyl (C=O) groups excluding carboxylic acids is 1. The smallest absolute Gasteiger partial charge is 0.391 e. The van der Waals surface area contributed by atoms with Crippen molar-refractivity contribution in [1.29, 1.82) is 0 Å². The number of halogens is 4. The van der Waals surface area contributed by atoms with E-state index in [0.717, 1.165) is 12.1 Å². The number of hydrogen-bond donors (Lipinski definition) is 1. The Balaban J connectivity index is 2.46. The van der Waals surface area contributed by atoms with E-state index >= 15 is 0 Å². The molecule has 0 aromatic heterocycles. The zero-order chi connectivity index (χ0) is 16.0. The summed E-state index contributed by atoms with van der Waals surface area (Å²) in [6.45, 7) is 3.48. The first kappa shape index (κ1) is 16.1. The van der Waals surface area contributed by atoms with Crippen LogP contribution in [0.2, 0.25) is 5.02 Å². The van der Waals surface area contributed by atoms with Gasteiger partial charge in [-0.15, -0.1) is 0 Å². The van der Waals surface area contributed by atoms with Gasteiger partial charge in [-0.2, -0.15) is 13.2 Å². The molecule has 1 N–H and O–H groups in total. The summed E-state index contributed by atoms with van der Waals surface area (Å²) in [6, 6.07) is 3.08. The molecule has 0 radical (unpaired) electrons. The molecule has 1 unspecified atom stereocenters. The number of hydrogen-bond acceptors (Lipinski definition) is 2. The average Bonchev–Trinajstić information content (AvgIpc) is 2.62. The zero-order valence-electron chi connectivity index (χ0n) is 11.5. The van der Waals surface area contributed by atoms with Crippen molar-refractivity contribution in [2.75, 3.05) is 6.54 Å². The summed E-state index contributed by atoms with van der Waals surface area (Å²) in [5.41, 5.74) is -2.41. The number of aliphatic hydroxyl groups is 1. The van der Waals surface area contributed by atoms with E-state index in [4.69, 9.17) is 11.6 Å². The van der Waals surface area contributed by atoms with Crippen LogP contribution in [0.5, 0.6) is 0 Å². The van der Waals surface area contributed by atoms with Crippen molar-refractivity contribution in [2.45, 2.75) is 38.1 Å². The van der Waals surface area contributed by atoms with Gasteiger partial charge in [0.25, 0.3) is 5.91 Å². The Labute approximate surface area is 125 Å². The van der Waals surface area contributed by atoms with Crippen LogP contribution in [0.1, 0.15) is 36.2 Å². The Morgan fingerprint density at radius 2 is 2.05 bits per heavy atom. The zero-order valence-corrected chi connectivity index (χ0v) is 12.3. The molecule has 1 atom stereocenters. The van der Waals surface area contributed by atoms with Gasteiger partial charge in [0.05, 0.1) is 22.8 Å². The minimum Gasteiger partial charge on any atom is -0.391 e. The molecule has 1 aliphatic heterocycles. The first-order valence-corrected chi connectivity index (χ1v) is 6.79. The number of alkyl halides is 3. The van der Waals surface area contributed by atoms with Gasteiger partial charge >= 0.3 is 6.18 Å². The van der Waals surface area contributed by atoms with Crippen LogP contribution in [-0.4, -0.2) is 34.1 Å². The van der Waals surface area contributed by atoms with Gasteiger partial charge in [0.1, 0.15) is 0 Å². The van der Waals surface area contributed by atoms with Gasteiger partial charge in [0.15, 0.2) is 0 Å². The van der Waals surface area contributed by atoms with Crippen LogP contribution in [0, 0.1) is 0 Å².